The zero-order chi connectivity index (χ0) is 11.5. The van der Waals surface area contributed by atoms with Crippen molar-refractivity contribution in [3.63, 3.8) is 0 Å². The van der Waals surface area contributed by atoms with Crippen LogP contribution in [0.25, 0.3) is 0 Å². The zero-order valence-electron chi connectivity index (χ0n) is 8.64. The van der Waals surface area contributed by atoms with Crippen molar-refractivity contribution in [3.05, 3.63) is 0 Å². The highest BCUT2D eigenvalue weighted by Gasteiger charge is 2.31. The lowest BCUT2D eigenvalue weighted by Crippen LogP contribution is -2.44. The van der Waals surface area contributed by atoms with Gasteiger partial charge in [-0.1, -0.05) is 6.92 Å². The van der Waals surface area contributed by atoms with E-state index in [0.717, 1.165) is 17.1 Å². The molecule has 0 heterocycles. The van der Waals surface area contributed by atoms with Gasteiger partial charge in [-0.2, -0.15) is 17.4 Å². The SMILES string of the molecule is CCCN(CC(=O)O)S(=O)(=O)NC1CC1. The van der Waals surface area contributed by atoms with Gasteiger partial charge in [0.15, 0.2) is 0 Å². The zero-order valence-corrected chi connectivity index (χ0v) is 9.46. The number of aliphatic carboxylic acids is 1. The van der Waals surface area contributed by atoms with Gasteiger partial charge in [-0.05, 0) is 19.3 Å². The lowest BCUT2D eigenvalue weighted by Gasteiger charge is -2.19. The quantitative estimate of drug-likeness (QED) is 0.640. The Morgan fingerprint density at radius 1 is 1.53 bits per heavy atom. The van der Waals surface area contributed by atoms with Crippen LogP contribution in [0.1, 0.15) is 26.2 Å². The van der Waals surface area contributed by atoms with Crippen LogP contribution in [0.2, 0.25) is 0 Å². The molecule has 0 aromatic carbocycles. The smallest absolute Gasteiger partial charge is 0.318 e. The molecular weight excluding hydrogens is 220 g/mol. The third-order valence-electron chi connectivity index (χ3n) is 2.02. The van der Waals surface area contributed by atoms with Gasteiger partial charge in [0.2, 0.25) is 0 Å². The second-order valence-corrected chi connectivity index (χ2v) is 5.33. The average Bonchev–Trinajstić information content (AvgIpc) is 2.86. The van der Waals surface area contributed by atoms with Gasteiger partial charge in [-0.25, -0.2) is 0 Å². The second kappa shape index (κ2) is 4.91. The van der Waals surface area contributed by atoms with E-state index < -0.39 is 22.7 Å². The van der Waals surface area contributed by atoms with E-state index in [-0.39, 0.29) is 12.6 Å². The van der Waals surface area contributed by atoms with E-state index in [4.69, 9.17) is 5.11 Å². The van der Waals surface area contributed by atoms with Crippen LogP contribution in [-0.2, 0) is 15.0 Å². The molecule has 7 heteroatoms. The van der Waals surface area contributed by atoms with E-state index in [1.807, 2.05) is 6.92 Å². The summed E-state index contributed by atoms with van der Waals surface area (Å²) >= 11 is 0. The minimum absolute atomic E-state index is 0.00292. The Hall–Kier alpha value is -0.660. The molecule has 15 heavy (non-hydrogen) atoms. The van der Waals surface area contributed by atoms with Crippen LogP contribution in [0.15, 0.2) is 0 Å². The number of carbonyl (C=O) groups is 1. The summed E-state index contributed by atoms with van der Waals surface area (Å²) in [5.41, 5.74) is 0. The van der Waals surface area contributed by atoms with Crippen LogP contribution in [0.3, 0.4) is 0 Å². The Bertz CT molecular complexity index is 324. The van der Waals surface area contributed by atoms with Crippen LogP contribution in [-0.4, -0.2) is 42.9 Å². The van der Waals surface area contributed by atoms with Gasteiger partial charge in [-0.15, -0.1) is 0 Å². The molecule has 0 aliphatic heterocycles. The Kier molecular flexibility index (Phi) is 4.06. The Balaban J connectivity index is 2.62. The van der Waals surface area contributed by atoms with Gasteiger partial charge in [0.1, 0.15) is 6.54 Å². The maximum atomic E-state index is 11.7. The van der Waals surface area contributed by atoms with E-state index in [2.05, 4.69) is 4.72 Å². The molecule has 1 fully saturated rings. The molecular formula is C8H16N2O4S. The standard InChI is InChI=1S/C8H16N2O4S/c1-2-5-10(6-8(11)12)15(13,14)9-7-3-4-7/h7,9H,2-6H2,1H3,(H,11,12). The molecule has 1 saturated carbocycles. The largest absolute Gasteiger partial charge is 0.480 e. The highest BCUT2D eigenvalue weighted by molar-refractivity contribution is 7.87. The van der Waals surface area contributed by atoms with Crippen molar-refractivity contribution >= 4 is 16.2 Å². The molecule has 0 bridgehead atoms. The number of rotatable bonds is 7. The van der Waals surface area contributed by atoms with E-state index in [1.54, 1.807) is 0 Å². The number of nitrogens with zero attached hydrogens (tertiary/aromatic N) is 1. The first kappa shape index (κ1) is 12.4. The third kappa shape index (κ3) is 4.15. The first-order chi connectivity index (χ1) is 6.95. The van der Waals surface area contributed by atoms with E-state index in [9.17, 15) is 13.2 Å². The number of nitrogens with one attached hydrogen (secondary N) is 1. The van der Waals surface area contributed by atoms with Crippen molar-refractivity contribution < 1.29 is 18.3 Å². The summed E-state index contributed by atoms with van der Waals surface area (Å²) in [6.07, 6.45) is 2.28. The molecule has 0 aromatic heterocycles. The van der Waals surface area contributed by atoms with Gasteiger partial charge in [0.25, 0.3) is 10.2 Å². The molecule has 0 unspecified atom stereocenters. The maximum absolute atomic E-state index is 11.7. The van der Waals surface area contributed by atoms with Gasteiger partial charge in [0, 0.05) is 12.6 Å². The second-order valence-electron chi connectivity index (χ2n) is 3.62. The molecule has 0 amide bonds. The first-order valence-electron chi connectivity index (χ1n) is 4.95. The molecule has 2 N–H and O–H groups in total. The summed E-state index contributed by atoms with van der Waals surface area (Å²) in [4.78, 5) is 10.5. The highest BCUT2D eigenvalue weighted by atomic mass is 32.2. The summed E-state index contributed by atoms with van der Waals surface area (Å²) < 4.78 is 26.7. The summed E-state index contributed by atoms with van der Waals surface area (Å²) in [6.45, 7) is 1.56. The number of carboxylic acid groups (broad SMARTS) is 1. The highest BCUT2D eigenvalue weighted by Crippen LogP contribution is 2.20. The number of hydrogen-bond acceptors (Lipinski definition) is 3. The lowest BCUT2D eigenvalue weighted by atomic mass is 10.5. The molecule has 88 valence electrons. The molecule has 0 spiro atoms. The van der Waals surface area contributed by atoms with Crippen molar-refractivity contribution in [1.82, 2.24) is 9.03 Å². The van der Waals surface area contributed by atoms with Crippen LogP contribution in [0, 0.1) is 0 Å². The van der Waals surface area contributed by atoms with Gasteiger partial charge >= 0.3 is 5.97 Å². The molecule has 6 nitrogen and oxygen atoms in total. The van der Waals surface area contributed by atoms with Crippen LogP contribution < -0.4 is 4.72 Å². The summed E-state index contributed by atoms with van der Waals surface area (Å²) in [6, 6.07) is 0.00292. The number of hydrogen-bond donors (Lipinski definition) is 2. The molecule has 0 saturated heterocycles. The predicted octanol–water partition coefficient (Wildman–Crippen LogP) is -0.220. The van der Waals surface area contributed by atoms with E-state index in [0.29, 0.717) is 6.42 Å². The van der Waals surface area contributed by atoms with Crippen molar-refractivity contribution in [1.29, 1.82) is 0 Å². The van der Waals surface area contributed by atoms with Crippen molar-refractivity contribution in [2.75, 3.05) is 13.1 Å². The summed E-state index contributed by atoms with van der Waals surface area (Å²) in [5, 5.41) is 8.59. The first-order valence-corrected chi connectivity index (χ1v) is 6.39. The lowest BCUT2D eigenvalue weighted by molar-refractivity contribution is -0.137. The predicted molar refractivity (Wildman–Crippen MR) is 54.6 cm³/mol. The fourth-order valence-electron chi connectivity index (χ4n) is 1.17. The van der Waals surface area contributed by atoms with Gasteiger partial charge < -0.3 is 5.11 Å². The minimum atomic E-state index is -3.61. The van der Waals surface area contributed by atoms with Gasteiger partial charge in [-0.3, -0.25) is 4.79 Å². The Labute approximate surface area is 89.4 Å². The fourth-order valence-corrected chi connectivity index (χ4v) is 2.68. The number of carboxylic acids is 1. The monoisotopic (exact) mass is 236 g/mol. The maximum Gasteiger partial charge on any atom is 0.318 e. The molecule has 0 aromatic rings. The van der Waals surface area contributed by atoms with E-state index >= 15 is 0 Å². The summed E-state index contributed by atoms with van der Waals surface area (Å²) in [5.74, 6) is -1.13. The Morgan fingerprint density at radius 2 is 2.13 bits per heavy atom. The topological polar surface area (TPSA) is 86.7 Å². The van der Waals surface area contributed by atoms with Crippen LogP contribution in [0.5, 0.6) is 0 Å². The van der Waals surface area contributed by atoms with Crippen molar-refractivity contribution in [3.8, 4) is 0 Å². The van der Waals surface area contributed by atoms with Gasteiger partial charge in [0.05, 0.1) is 0 Å². The molecule has 1 aliphatic carbocycles. The van der Waals surface area contributed by atoms with Crippen molar-refractivity contribution in [2.24, 2.45) is 0 Å². The molecule has 1 aliphatic rings. The third-order valence-corrected chi connectivity index (χ3v) is 3.64. The molecule has 0 atom stereocenters. The van der Waals surface area contributed by atoms with E-state index in [1.165, 1.54) is 0 Å². The van der Waals surface area contributed by atoms with Crippen LogP contribution >= 0.6 is 0 Å². The van der Waals surface area contributed by atoms with Crippen LogP contribution in [0.4, 0.5) is 0 Å². The molecule has 1 rings (SSSR count). The average molecular weight is 236 g/mol. The van der Waals surface area contributed by atoms with Crippen molar-refractivity contribution in [2.45, 2.75) is 32.2 Å². The normalized spacial score (nSPS) is 16.9. The molecule has 0 radical (unpaired) electrons. The summed E-state index contributed by atoms with van der Waals surface area (Å²) in [7, 11) is -3.61. The Morgan fingerprint density at radius 3 is 2.53 bits per heavy atom. The minimum Gasteiger partial charge on any atom is -0.480 e. The fraction of sp³-hybridized carbons (Fsp3) is 0.875.